The van der Waals surface area contributed by atoms with E-state index in [0.29, 0.717) is 19.8 Å². The Bertz CT molecular complexity index is 960. The summed E-state index contributed by atoms with van der Waals surface area (Å²) < 4.78 is 10.8. The van der Waals surface area contributed by atoms with Gasteiger partial charge in [0.25, 0.3) is 0 Å². The quantitative estimate of drug-likeness (QED) is 0.737. The summed E-state index contributed by atoms with van der Waals surface area (Å²) in [7, 11) is 1.69. The van der Waals surface area contributed by atoms with Gasteiger partial charge in [-0.3, -0.25) is 4.90 Å². The first kappa shape index (κ1) is 15.4. The van der Waals surface area contributed by atoms with Crippen LogP contribution in [0.3, 0.4) is 0 Å². The van der Waals surface area contributed by atoms with Crippen molar-refractivity contribution in [3.8, 4) is 23.2 Å². The Labute approximate surface area is 144 Å². The summed E-state index contributed by atoms with van der Waals surface area (Å²) in [6, 6.07) is 5.81. The Morgan fingerprint density at radius 3 is 3.16 bits per heavy atom. The molecule has 1 aromatic carbocycles. The largest absolute Gasteiger partial charge is 0.489 e. The molecule has 0 atom stereocenters. The first-order valence-corrected chi connectivity index (χ1v) is 8.06. The molecule has 7 nitrogen and oxygen atoms in total. The lowest BCUT2D eigenvalue weighted by Crippen LogP contribution is -2.28. The summed E-state index contributed by atoms with van der Waals surface area (Å²) in [5.74, 6) is 0.718. The molecule has 0 spiro atoms. The van der Waals surface area contributed by atoms with Crippen LogP contribution in [0.1, 0.15) is 5.56 Å². The summed E-state index contributed by atoms with van der Waals surface area (Å²) >= 11 is 0. The molecule has 0 fully saturated rings. The fraction of sp³-hybridized carbons (Fsp3) is 0.278. The third-order valence-corrected chi connectivity index (χ3v) is 4.34. The maximum atomic E-state index is 9.36. The highest BCUT2D eigenvalue weighted by Gasteiger charge is 2.20. The van der Waals surface area contributed by atoms with Gasteiger partial charge in [-0.25, -0.2) is 9.97 Å². The molecule has 0 saturated carbocycles. The number of fused-ring (bicyclic) bond motifs is 2. The molecule has 0 radical (unpaired) electrons. The number of aromatic nitrogens is 3. The van der Waals surface area contributed by atoms with Crippen LogP contribution in [0, 0.1) is 11.5 Å². The van der Waals surface area contributed by atoms with Crippen LogP contribution in [0.5, 0.6) is 5.75 Å². The van der Waals surface area contributed by atoms with Crippen molar-refractivity contribution in [2.24, 2.45) is 0 Å². The van der Waals surface area contributed by atoms with E-state index in [1.54, 1.807) is 18.3 Å². The average Bonchev–Trinajstić information content (AvgIpc) is 3.08. The Balaban J connectivity index is 1.85. The molecular weight excluding hydrogens is 318 g/mol. The van der Waals surface area contributed by atoms with E-state index in [1.807, 2.05) is 24.4 Å². The molecule has 3 aromatic rings. The predicted octanol–water partition coefficient (Wildman–Crippen LogP) is 2.49. The van der Waals surface area contributed by atoms with Crippen LogP contribution in [0.15, 0.2) is 30.7 Å². The third kappa shape index (κ3) is 2.66. The molecule has 0 unspecified atom stereocenters. The smallest absolute Gasteiger partial charge is 0.184 e. The van der Waals surface area contributed by atoms with Crippen LogP contribution >= 0.6 is 0 Å². The topological polar surface area (TPSA) is 87.1 Å². The van der Waals surface area contributed by atoms with Crippen LogP contribution in [-0.4, -0.2) is 41.8 Å². The van der Waals surface area contributed by atoms with E-state index in [4.69, 9.17) is 9.47 Å². The summed E-state index contributed by atoms with van der Waals surface area (Å²) in [4.78, 5) is 13.7. The Hall–Kier alpha value is -3.11. The van der Waals surface area contributed by atoms with Gasteiger partial charge in [0.05, 0.1) is 24.5 Å². The first-order valence-electron chi connectivity index (χ1n) is 8.06. The van der Waals surface area contributed by atoms with E-state index < -0.39 is 0 Å². The number of nitrogens with zero attached hydrogens (tertiary/aromatic N) is 4. The van der Waals surface area contributed by atoms with Gasteiger partial charge in [-0.15, -0.1) is 0 Å². The van der Waals surface area contributed by atoms with Gasteiger partial charge in [0.1, 0.15) is 24.3 Å². The minimum atomic E-state index is 0.511. The SMILES string of the molecule is COCCc1c[nH]c2ncnc(-c3ccc4c(c3)N(C#N)CCO4)c12. The highest BCUT2D eigenvalue weighted by molar-refractivity contribution is 5.94. The molecule has 7 heteroatoms. The van der Waals surface area contributed by atoms with Gasteiger partial charge >= 0.3 is 0 Å². The number of H-pyrrole nitrogens is 1. The molecule has 4 rings (SSSR count). The zero-order valence-electron chi connectivity index (χ0n) is 13.8. The van der Waals surface area contributed by atoms with Crippen molar-refractivity contribution in [2.45, 2.75) is 6.42 Å². The van der Waals surface area contributed by atoms with Crippen molar-refractivity contribution in [3.63, 3.8) is 0 Å². The predicted molar refractivity (Wildman–Crippen MR) is 93.4 cm³/mol. The van der Waals surface area contributed by atoms with Gasteiger partial charge < -0.3 is 14.5 Å². The zero-order chi connectivity index (χ0) is 17.2. The second-order valence-electron chi connectivity index (χ2n) is 5.79. The Morgan fingerprint density at radius 2 is 2.32 bits per heavy atom. The van der Waals surface area contributed by atoms with E-state index in [2.05, 4.69) is 21.1 Å². The number of rotatable bonds is 4. The normalized spacial score (nSPS) is 13.4. The van der Waals surface area contributed by atoms with Gasteiger partial charge in [-0.1, -0.05) is 0 Å². The monoisotopic (exact) mass is 335 g/mol. The standard InChI is InChI=1S/C18H17N5O2/c1-24-6-4-13-9-20-18-16(13)17(21-11-22-18)12-2-3-15-14(8-12)23(10-19)5-7-25-15/h2-3,8-9,11H,4-7H2,1H3,(H,20,21,22). The van der Waals surface area contributed by atoms with Gasteiger partial charge in [0.15, 0.2) is 6.19 Å². The lowest BCUT2D eigenvalue weighted by atomic mass is 10.0. The lowest BCUT2D eigenvalue weighted by Gasteiger charge is -2.25. The van der Waals surface area contributed by atoms with E-state index in [9.17, 15) is 5.26 Å². The van der Waals surface area contributed by atoms with Gasteiger partial charge in [0.2, 0.25) is 0 Å². The maximum absolute atomic E-state index is 9.36. The Morgan fingerprint density at radius 1 is 1.40 bits per heavy atom. The molecule has 0 aliphatic carbocycles. The van der Waals surface area contributed by atoms with Crippen LogP contribution < -0.4 is 9.64 Å². The number of ether oxygens (including phenoxy) is 2. The number of anilines is 1. The number of hydrogen-bond donors (Lipinski definition) is 1. The van der Waals surface area contributed by atoms with Crippen LogP contribution in [0.25, 0.3) is 22.3 Å². The van der Waals surface area contributed by atoms with Crippen molar-refractivity contribution in [2.75, 3.05) is 31.8 Å². The lowest BCUT2D eigenvalue weighted by molar-refractivity contribution is 0.202. The third-order valence-electron chi connectivity index (χ3n) is 4.34. The molecule has 0 amide bonds. The van der Waals surface area contributed by atoms with Gasteiger partial charge in [-0.2, -0.15) is 5.26 Å². The zero-order valence-corrected chi connectivity index (χ0v) is 13.8. The van der Waals surface area contributed by atoms with E-state index in [1.165, 1.54) is 0 Å². The second-order valence-corrected chi connectivity index (χ2v) is 5.79. The van der Waals surface area contributed by atoms with Crippen LogP contribution in [-0.2, 0) is 11.2 Å². The molecule has 25 heavy (non-hydrogen) atoms. The van der Waals surface area contributed by atoms with Gasteiger partial charge in [0, 0.05) is 24.3 Å². The number of benzene rings is 1. The first-order chi connectivity index (χ1) is 12.3. The summed E-state index contributed by atoms with van der Waals surface area (Å²) in [5, 5.41) is 10.3. The van der Waals surface area contributed by atoms with Crippen molar-refractivity contribution >= 4 is 16.7 Å². The van der Waals surface area contributed by atoms with Crippen LogP contribution in [0.4, 0.5) is 5.69 Å². The fourth-order valence-electron chi connectivity index (χ4n) is 3.12. The highest BCUT2D eigenvalue weighted by Crippen LogP contribution is 2.37. The van der Waals surface area contributed by atoms with Crippen molar-refractivity contribution in [3.05, 3.63) is 36.3 Å². The van der Waals surface area contributed by atoms with E-state index in [-0.39, 0.29) is 0 Å². The van der Waals surface area contributed by atoms with E-state index >= 15 is 0 Å². The second kappa shape index (κ2) is 6.42. The molecule has 1 aliphatic heterocycles. The number of nitriles is 1. The van der Waals surface area contributed by atoms with Gasteiger partial charge in [-0.05, 0) is 30.2 Å². The summed E-state index contributed by atoms with van der Waals surface area (Å²) in [6.45, 7) is 1.69. The number of methoxy groups -OCH3 is 1. The van der Waals surface area contributed by atoms with Crippen molar-refractivity contribution < 1.29 is 9.47 Å². The molecular formula is C18H17N5O2. The highest BCUT2D eigenvalue weighted by atomic mass is 16.5. The number of aromatic amines is 1. The molecule has 126 valence electrons. The fourth-order valence-corrected chi connectivity index (χ4v) is 3.12. The molecule has 1 N–H and O–H groups in total. The van der Waals surface area contributed by atoms with Crippen molar-refractivity contribution in [1.82, 2.24) is 15.0 Å². The van der Waals surface area contributed by atoms with Crippen LogP contribution in [0.2, 0.25) is 0 Å². The minimum absolute atomic E-state index is 0.511. The molecule has 1 aliphatic rings. The van der Waals surface area contributed by atoms with E-state index in [0.717, 1.165) is 45.7 Å². The summed E-state index contributed by atoms with van der Waals surface area (Å²) in [6.07, 6.45) is 6.48. The number of hydrogen-bond acceptors (Lipinski definition) is 6. The number of nitrogens with one attached hydrogen (secondary N) is 1. The molecule has 0 saturated heterocycles. The Kier molecular flexibility index (Phi) is 3.96. The van der Waals surface area contributed by atoms with Crippen molar-refractivity contribution in [1.29, 1.82) is 5.26 Å². The average molecular weight is 335 g/mol. The molecule has 3 heterocycles. The molecule has 2 aromatic heterocycles. The summed E-state index contributed by atoms with van der Waals surface area (Å²) in [5.41, 5.74) is 4.44. The molecule has 0 bridgehead atoms. The maximum Gasteiger partial charge on any atom is 0.184 e. The minimum Gasteiger partial charge on any atom is -0.489 e.